The lowest BCUT2D eigenvalue weighted by Gasteiger charge is -2.23. The largest absolute Gasteiger partial charge is 0.356 e. The molecule has 1 aliphatic carbocycles. The molecular weight excluding hydrogens is 478 g/mol. The molecule has 1 aliphatic heterocycles. The molecule has 0 bridgehead atoms. The van der Waals surface area contributed by atoms with Crippen LogP contribution in [-0.2, 0) is 9.59 Å². The number of hydrogen-bond acceptors (Lipinski definition) is 7. The number of thiazole rings is 1. The Morgan fingerprint density at radius 2 is 1.81 bits per heavy atom. The highest BCUT2D eigenvalue weighted by Gasteiger charge is 2.36. The van der Waals surface area contributed by atoms with Gasteiger partial charge in [-0.05, 0) is 49.4 Å². The molecule has 9 nitrogen and oxygen atoms in total. The first kappa shape index (κ1) is 24.1. The van der Waals surface area contributed by atoms with Crippen LogP contribution in [0.4, 0.5) is 0 Å². The van der Waals surface area contributed by atoms with Gasteiger partial charge in [0.25, 0.3) is 5.91 Å². The Kier molecular flexibility index (Phi) is 7.04. The van der Waals surface area contributed by atoms with Crippen LogP contribution in [0, 0.1) is 11.8 Å². The zero-order valence-electron chi connectivity index (χ0n) is 19.6. The van der Waals surface area contributed by atoms with Gasteiger partial charge in [0, 0.05) is 18.7 Å². The Labute approximate surface area is 212 Å². The van der Waals surface area contributed by atoms with E-state index in [4.69, 9.17) is 0 Å². The topological polar surface area (TPSA) is 130 Å². The molecule has 3 aromatic rings. The van der Waals surface area contributed by atoms with Gasteiger partial charge in [-0.2, -0.15) is 0 Å². The molecule has 186 valence electrons. The first-order valence-corrected chi connectivity index (χ1v) is 13.0. The average molecular weight is 506 g/mol. The van der Waals surface area contributed by atoms with Crippen molar-refractivity contribution < 1.29 is 19.2 Å². The molecule has 1 aromatic carbocycles. The molecule has 3 atom stereocenters. The summed E-state index contributed by atoms with van der Waals surface area (Å²) in [7, 11) is 0. The van der Waals surface area contributed by atoms with Crippen LogP contribution in [0.1, 0.15) is 52.4 Å². The quantitative estimate of drug-likeness (QED) is 0.363. The number of para-hydroxylation sites is 1. The Balaban J connectivity index is 1.36. The molecule has 36 heavy (non-hydrogen) atoms. The van der Waals surface area contributed by atoms with Crippen LogP contribution in [0.25, 0.3) is 10.2 Å². The number of ketones is 1. The summed E-state index contributed by atoms with van der Waals surface area (Å²) < 4.78 is 0.874. The summed E-state index contributed by atoms with van der Waals surface area (Å²) in [6.07, 6.45) is 4.77. The van der Waals surface area contributed by atoms with Crippen LogP contribution in [0.2, 0.25) is 0 Å². The summed E-state index contributed by atoms with van der Waals surface area (Å²) in [5.74, 6) is -1.36. The third-order valence-electron chi connectivity index (χ3n) is 6.61. The third-order valence-corrected chi connectivity index (χ3v) is 7.66. The highest BCUT2D eigenvalue weighted by atomic mass is 32.1. The molecule has 2 aromatic heterocycles. The Bertz CT molecular complexity index is 1260. The fourth-order valence-electron chi connectivity index (χ4n) is 4.43. The Morgan fingerprint density at radius 1 is 1.00 bits per heavy atom. The summed E-state index contributed by atoms with van der Waals surface area (Å²) in [6.45, 7) is 0.546. The van der Waals surface area contributed by atoms with E-state index in [9.17, 15) is 19.2 Å². The van der Waals surface area contributed by atoms with Crippen LogP contribution < -0.4 is 16.0 Å². The number of amides is 3. The van der Waals surface area contributed by atoms with Gasteiger partial charge >= 0.3 is 0 Å². The minimum absolute atomic E-state index is 0.121. The van der Waals surface area contributed by atoms with E-state index in [1.807, 2.05) is 24.3 Å². The predicted octanol–water partition coefficient (Wildman–Crippen LogP) is 2.48. The lowest BCUT2D eigenvalue weighted by Crippen LogP contribution is -2.52. The van der Waals surface area contributed by atoms with Crippen molar-refractivity contribution in [1.82, 2.24) is 25.9 Å². The normalized spacial score (nSPS) is 18.9. The van der Waals surface area contributed by atoms with Gasteiger partial charge in [0.1, 0.15) is 11.7 Å². The highest BCUT2D eigenvalue weighted by molar-refractivity contribution is 7.20. The summed E-state index contributed by atoms with van der Waals surface area (Å²) in [4.78, 5) is 60.5. The monoisotopic (exact) mass is 505 g/mol. The van der Waals surface area contributed by atoms with E-state index in [-0.39, 0.29) is 34.7 Å². The molecular formula is C26H27N5O4S. The van der Waals surface area contributed by atoms with Crippen LogP contribution in [0.3, 0.4) is 0 Å². The maximum atomic E-state index is 13.5. The zero-order chi connectivity index (χ0) is 25.1. The number of rotatable bonds is 10. The maximum Gasteiger partial charge on any atom is 0.270 e. The molecule has 0 spiro atoms. The minimum Gasteiger partial charge on any atom is -0.356 e. The summed E-state index contributed by atoms with van der Waals surface area (Å²) in [5.41, 5.74) is 0.930. The predicted molar refractivity (Wildman–Crippen MR) is 134 cm³/mol. The van der Waals surface area contributed by atoms with Gasteiger partial charge in [0.15, 0.2) is 5.01 Å². The summed E-state index contributed by atoms with van der Waals surface area (Å²) >= 11 is 1.27. The number of fused-ring (bicyclic) bond motifs is 1. The van der Waals surface area contributed by atoms with Crippen LogP contribution in [0.15, 0.2) is 48.7 Å². The molecule has 1 saturated carbocycles. The first-order valence-electron chi connectivity index (χ1n) is 12.2. The van der Waals surface area contributed by atoms with Crippen LogP contribution >= 0.6 is 11.3 Å². The van der Waals surface area contributed by atoms with Crippen molar-refractivity contribution in [3.8, 4) is 0 Å². The van der Waals surface area contributed by atoms with Crippen LogP contribution in [-0.4, -0.2) is 52.1 Å². The number of Topliss-reactive ketones (excluding diaryl/α,β-unsaturated/α-hetero) is 1. The minimum atomic E-state index is -0.930. The van der Waals surface area contributed by atoms with Gasteiger partial charge in [0.2, 0.25) is 17.6 Å². The smallest absolute Gasteiger partial charge is 0.270 e. The van der Waals surface area contributed by atoms with E-state index in [0.29, 0.717) is 30.8 Å². The number of hydrogen-bond donors (Lipinski definition) is 3. The van der Waals surface area contributed by atoms with Crippen molar-refractivity contribution in [3.63, 3.8) is 0 Å². The van der Waals surface area contributed by atoms with E-state index in [0.717, 1.165) is 17.5 Å². The zero-order valence-corrected chi connectivity index (χ0v) is 20.4. The van der Waals surface area contributed by atoms with Gasteiger partial charge in [0.05, 0.1) is 16.3 Å². The Hall–Kier alpha value is -3.66. The van der Waals surface area contributed by atoms with Crippen molar-refractivity contribution in [2.75, 3.05) is 6.54 Å². The van der Waals surface area contributed by atoms with Gasteiger partial charge in [-0.25, -0.2) is 4.98 Å². The van der Waals surface area contributed by atoms with Gasteiger partial charge < -0.3 is 16.0 Å². The molecule has 2 aliphatic rings. The fourth-order valence-corrected chi connectivity index (χ4v) is 5.39. The number of nitrogens with one attached hydrogen (secondary N) is 3. The number of benzene rings is 1. The standard InChI is InChI=1S/C26H27N5O4S/c32-22(26-31-17-5-1-2-7-21(17)36-26)19(14-16-10-12-28-23(16)33)29-25(35)20(13-15-8-9-15)30-24(34)18-6-3-4-11-27-18/h1-7,11,15-16,19-20H,8-10,12-14H2,(H,28,33)(H,29,35)(H,30,34). The van der Waals surface area contributed by atoms with Crippen molar-refractivity contribution >= 4 is 45.1 Å². The van der Waals surface area contributed by atoms with Crippen LogP contribution in [0.5, 0.6) is 0 Å². The van der Waals surface area contributed by atoms with E-state index < -0.39 is 23.9 Å². The molecule has 3 amide bonds. The van der Waals surface area contributed by atoms with E-state index in [1.165, 1.54) is 17.5 Å². The van der Waals surface area contributed by atoms with Crippen molar-refractivity contribution in [2.45, 2.75) is 44.2 Å². The lowest BCUT2D eigenvalue weighted by molar-refractivity contribution is -0.125. The first-order chi connectivity index (χ1) is 17.5. The van der Waals surface area contributed by atoms with Gasteiger partial charge in [-0.1, -0.05) is 31.0 Å². The molecule has 2 fully saturated rings. The second-order valence-electron chi connectivity index (χ2n) is 9.34. The second kappa shape index (κ2) is 10.5. The molecule has 3 heterocycles. The lowest BCUT2D eigenvalue weighted by atomic mass is 9.95. The third kappa shape index (κ3) is 5.59. The SMILES string of the molecule is O=C(NC(CC1CC1)C(=O)NC(CC1CCNC1=O)C(=O)c1nc2ccccc2s1)c1ccccn1. The number of nitrogens with zero attached hydrogens (tertiary/aromatic N) is 2. The number of aromatic nitrogens is 2. The number of pyridine rings is 1. The van der Waals surface area contributed by atoms with Crippen molar-refractivity contribution in [1.29, 1.82) is 0 Å². The fraction of sp³-hybridized carbons (Fsp3) is 0.385. The maximum absolute atomic E-state index is 13.5. The molecule has 10 heteroatoms. The van der Waals surface area contributed by atoms with Crippen molar-refractivity contribution in [2.24, 2.45) is 11.8 Å². The van der Waals surface area contributed by atoms with Crippen molar-refractivity contribution in [3.05, 3.63) is 59.4 Å². The van der Waals surface area contributed by atoms with Gasteiger partial charge in [-0.3, -0.25) is 24.2 Å². The summed E-state index contributed by atoms with van der Waals surface area (Å²) in [6, 6.07) is 10.7. The highest BCUT2D eigenvalue weighted by Crippen LogP contribution is 2.34. The molecule has 5 rings (SSSR count). The van der Waals surface area contributed by atoms with E-state index >= 15 is 0 Å². The van der Waals surface area contributed by atoms with E-state index in [2.05, 4.69) is 25.9 Å². The molecule has 3 unspecified atom stereocenters. The molecule has 3 N–H and O–H groups in total. The van der Waals surface area contributed by atoms with E-state index in [1.54, 1.807) is 18.2 Å². The number of carbonyl (C=O) groups excluding carboxylic acids is 4. The van der Waals surface area contributed by atoms with Gasteiger partial charge in [-0.15, -0.1) is 11.3 Å². The Morgan fingerprint density at radius 3 is 2.50 bits per heavy atom. The second-order valence-corrected chi connectivity index (χ2v) is 10.4. The molecule has 1 saturated heterocycles. The average Bonchev–Trinajstić information content (AvgIpc) is 3.46. The molecule has 0 radical (unpaired) electrons. The number of carbonyl (C=O) groups is 4. The summed E-state index contributed by atoms with van der Waals surface area (Å²) in [5, 5.41) is 8.73.